The number of thioether (sulfide) groups is 1. The number of carbonyl (C=O) groups is 1. The Morgan fingerprint density at radius 2 is 1.41 bits per heavy atom. The molecule has 240 valence electrons. The molecule has 9 heteroatoms. The van der Waals surface area contributed by atoms with Crippen molar-refractivity contribution in [3.8, 4) is 0 Å². The van der Waals surface area contributed by atoms with Crippen LogP contribution < -0.4 is 0 Å². The third-order valence-electron chi connectivity index (χ3n) is 7.49. The van der Waals surface area contributed by atoms with E-state index in [0.29, 0.717) is 30.4 Å². The highest BCUT2D eigenvalue weighted by Gasteiger charge is 2.27. The predicted molar refractivity (Wildman–Crippen MR) is 186 cm³/mol. The molecule has 0 atom stereocenters. The quantitative estimate of drug-likeness (QED) is 0.0699. The van der Waals surface area contributed by atoms with Crippen molar-refractivity contribution in [2.45, 2.75) is 56.2 Å². The van der Waals surface area contributed by atoms with Gasteiger partial charge in [0, 0.05) is 24.8 Å². The summed E-state index contributed by atoms with van der Waals surface area (Å²) in [5.41, 5.74) is 3.96. The number of fused-ring (bicyclic) bond motifs is 1. The molecule has 0 bridgehead atoms. The molecule has 0 saturated carbocycles. The standard InChI is InChI=1S/C37H41N3O4S2/c1-37(2,3)44-35(41)27-40-34-23-14-13-22-33(34)38-36(40)45-25-15-24-39(46(42,43)28-29-16-7-4-8-17-29)26-32(30-18-9-5-10-19-30)31-20-11-6-12-21-31/h4-14,16-23,32H,15,24-28H2,1-3H3. The number of para-hydroxylation sites is 2. The van der Waals surface area contributed by atoms with Crippen molar-refractivity contribution in [3.05, 3.63) is 132 Å². The van der Waals surface area contributed by atoms with Crippen LogP contribution in [0.1, 0.15) is 49.8 Å². The van der Waals surface area contributed by atoms with E-state index in [9.17, 15) is 13.2 Å². The molecule has 0 aliphatic carbocycles. The minimum atomic E-state index is -3.65. The van der Waals surface area contributed by atoms with Gasteiger partial charge in [-0.15, -0.1) is 0 Å². The molecular weight excluding hydrogens is 615 g/mol. The topological polar surface area (TPSA) is 81.5 Å². The normalized spacial score (nSPS) is 12.2. The molecule has 46 heavy (non-hydrogen) atoms. The minimum absolute atomic E-state index is 0.0491. The molecule has 0 aliphatic rings. The van der Waals surface area contributed by atoms with Gasteiger partial charge in [-0.2, -0.15) is 0 Å². The second kappa shape index (κ2) is 15.1. The Balaban J connectivity index is 1.36. The van der Waals surface area contributed by atoms with Crippen molar-refractivity contribution in [1.29, 1.82) is 0 Å². The van der Waals surface area contributed by atoms with E-state index in [0.717, 1.165) is 27.7 Å². The van der Waals surface area contributed by atoms with Crippen molar-refractivity contribution in [2.24, 2.45) is 0 Å². The molecular formula is C37H41N3O4S2. The van der Waals surface area contributed by atoms with Gasteiger partial charge in [0.05, 0.1) is 16.8 Å². The summed E-state index contributed by atoms with van der Waals surface area (Å²) in [6, 6.07) is 37.2. The van der Waals surface area contributed by atoms with E-state index >= 15 is 0 Å². The zero-order valence-electron chi connectivity index (χ0n) is 26.6. The van der Waals surface area contributed by atoms with Gasteiger partial charge in [0.15, 0.2) is 5.16 Å². The van der Waals surface area contributed by atoms with E-state index < -0.39 is 15.6 Å². The number of sulfonamides is 1. The molecule has 1 aromatic heterocycles. The number of aromatic nitrogens is 2. The summed E-state index contributed by atoms with van der Waals surface area (Å²) in [5.74, 6) is 0.0985. The molecule has 5 rings (SSSR count). The fraction of sp³-hybridized carbons (Fsp3) is 0.297. The minimum Gasteiger partial charge on any atom is -0.459 e. The molecule has 0 N–H and O–H groups in total. The van der Waals surface area contributed by atoms with E-state index in [1.165, 1.54) is 11.8 Å². The largest absolute Gasteiger partial charge is 0.459 e. The predicted octanol–water partition coefficient (Wildman–Crippen LogP) is 7.52. The molecule has 0 spiro atoms. The number of hydrogen-bond donors (Lipinski definition) is 0. The fourth-order valence-electron chi connectivity index (χ4n) is 5.42. The molecule has 0 fully saturated rings. The van der Waals surface area contributed by atoms with E-state index in [2.05, 4.69) is 24.3 Å². The first kappa shape index (κ1) is 33.4. The highest BCUT2D eigenvalue weighted by Crippen LogP contribution is 2.29. The first-order valence-corrected chi connectivity index (χ1v) is 18.1. The summed E-state index contributed by atoms with van der Waals surface area (Å²) in [4.78, 5) is 17.6. The zero-order chi connectivity index (χ0) is 32.6. The number of rotatable bonds is 14. The van der Waals surface area contributed by atoms with Crippen LogP contribution >= 0.6 is 11.8 Å². The highest BCUT2D eigenvalue weighted by molar-refractivity contribution is 7.99. The van der Waals surface area contributed by atoms with Gasteiger partial charge in [-0.25, -0.2) is 17.7 Å². The molecule has 1 heterocycles. The molecule has 0 amide bonds. The fourth-order valence-corrected chi connectivity index (χ4v) is 7.94. The zero-order valence-corrected chi connectivity index (χ0v) is 28.2. The lowest BCUT2D eigenvalue weighted by molar-refractivity contribution is -0.155. The second-order valence-electron chi connectivity index (χ2n) is 12.2. The Bertz CT molecular complexity index is 1780. The summed E-state index contributed by atoms with van der Waals surface area (Å²) in [5, 5.41) is 0.706. The summed E-state index contributed by atoms with van der Waals surface area (Å²) in [7, 11) is -3.65. The van der Waals surface area contributed by atoms with Crippen LogP contribution in [0.25, 0.3) is 11.0 Å². The van der Waals surface area contributed by atoms with Crippen LogP contribution in [0.3, 0.4) is 0 Å². The lowest BCUT2D eigenvalue weighted by Gasteiger charge is -2.28. The van der Waals surface area contributed by atoms with Crippen LogP contribution in [0.2, 0.25) is 0 Å². The Hall–Kier alpha value is -3.92. The van der Waals surface area contributed by atoms with Crippen LogP contribution in [0.15, 0.2) is 120 Å². The summed E-state index contributed by atoms with van der Waals surface area (Å²) in [6.07, 6.45) is 0.602. The average Bonchev–Trinajstić information content (AvgIpc) is 3.37. The van der Waals surface area contributed by atoms with Gasteiger partial charge in [0.1, 0.15) is 12.1 Å². The van der Waals surface area contributed by atoms with Gasteiger partial charge in [0.2, 0.25) is 10.0 Å². The van der Waals surface area contributed by atoms with Crippen molar-refractivity contribution < 1.29 is 17.9 Å². The van der Waals surface area contributed by atoms with E-state index in [-0.39, 0.29) is 24.2 Å². The highest BCUT2D eigenvalue weighted by atomic mass is 32.2. The summed E-state index contributed by atoms with van der Waals surface area (Å²) < 4.78 is 37.2. The Morgan fingerprint density at radius 1 is 0.848 bits per heavy atom. The lowest BCUT2D eigenvalue weighted by atomic mass is 9.91. The number of hydrogen-bond acceptors (Lipinski definition) is 6. The van der Waals surface area contributed by atoms with E-state index in [1.807, 2.05) is 116 Å². The van der Waals surface area contributed by atoms with Crippen molar-refractivity contribution in [3.63, 3.8) is 0 Å². The molecule has 5 aromatic rings. The maximum Gasteiger partial charge on any atom is 0.326 e. The molecule has 0 radical (unpaired) electrons. The third kappa shape index (κ3) is 9.09. The second-order valence-corrected chi connectivity index (χ2v) is 15.3. The lowest BCUT2D eigenvalue weighted by Crippen LogP contribution is -2.37. The number of esters is 1. The number of nitrogens with zero attached hydrogens (tertiary/aromatic N) is 3. The number of ether oxygens (including phenoxy) is 1. The van der Waals surface area contributed by atoms with Crippen LogP contribution in [0, 0.1) is 0 Å². The van der Waals surface area contributed by atoms with Crippen molar-refractivity contribution in [1.82, 2.24) is 13.9 Å². The SMILES string of the molecule is CC(C)(C)OC(=O)Cn1c(SCCCN(CC(c2ccccc2)c2ccccc2)S(=O)(=O)Cc2ccccc2)nc2ccccc21. The smallest absolute Gasteiger partial charge is 0.326 e. The number of imidazole rings is 1. The van der Waals surface area contributed by atoms with Gasteiger partial charge in [-0.3, -0.25) is 4.79 Å². The Labute approximate surface area is 276 Å². The Morgan fingerprint density at radius 3 is 2.02 bits per heavy atom. The molecule has 0 saturated heterocycles. The van der Waals surface area contributed by atoms with Gasteiger partial charge in [0.25, 0.3) is 0 Å². The maximum atomic E-state index is 14.0. The third-order valence-corrected chi connectivity index (χ3v) is 10.4. The van der Waals surface area contributed by atoms with Crippen molar-refractivity contribution >= 4 is 38.8 Å². The molecule has 4 aromatic carbocycles. The first-order chi connectivity index (χ1) is 22.1. The number of benzene rings is 4. The molecule has 0 unspecified atom stereocenters. The average molecular weight is 656 g/mol. The van der Waals surface area contributed by atoms with E-state index in [1.54, 1.807) is 4.31 Å². The molecule has 0 aliphatic heterocycles. The summed E-state index contributed by atoms with van der Waals surface area (Å²) in [6.45, 7) is 6.28. The van der Waals surface area contributed by atoms with Gasteiger partial charge in [-0.05, 0) is 56.0 Å². The van der Waals surface area contributed by atoms with Crippen LogP contribution in [-0.2, 0) is 31.9 Å². The van der Waals surface area contributed by atoms with Crippen molar-refractivity contribution in [2.75, 3.05) is 18.8 Å². The molecule has 7 nitrogen and oxygen atoms in total. The monoisotopic (exact) mass is 655 g/mol. The van der Waals surface area contributed by atoms with E-state index in [4.69, 9.17) is 9.72 Å². The van der Waals surface area contributed by atoms with Gasteiger partial charge in [-0.1, -0.05) is 115 Å². The van der Waals surface area contributed by atoms with Crippen LogP contribution in [0.4, 0.5) is 0 Å². The van der Waals surface area contributed by atoms with Crippen LogP contribution in [-0.4, -0.2) is 52.7 Å². The Kier molecular flexibility index (Phi) is 11.0. The van der Waals surface area contributed by atoms with Gasteiger partial charge < -0.3 is 9.30 Å². The number of carbonyl (C=O) groups excluding carboxylic acids is 1. The maximum absolute atomic E-state index is 14.0. The first-order valence-electron chi connectivity index (χ1n) is 15.5. The summed E-state index contributed by atoms with van der Waals surface area (Å²) >= 11 is 1.52. The van der Waals surface area contributed by atoms with Crippen LogP contribution in [0.5, 0.6) is 0 Å². The van der Waals surface area contributed by atoms with Gasteiger partial charge >= 0.3 is 5.97 Å².